The monoisotopic (exact) mass is 285 g/mol. The van der Waals surface area contributed by atoms with E-state index in [1.165, 1.54) is 11.3 Å². The molecule has 1 aliphatic heterocycles. The summed E-state index contributed by atoms with van der Waals surface area (Å²) in [5.74, 6) is 0.209. The van der Waals surface area contributed by atoms with E-state index in [0.29, 0.717) is 12.0 Å². The largest absolute Gasteiger partial charge is 0.312 e. The third kappa shape index (κ3) is 2.39. The fourth-order valence-corrected chi connectivity index (χ4v) is 3.24. The first kappa shape index (κ1) is 13.1. The van der Waals surface area contributed by atoms with E-state index in [4.69, 9.17) is 0 Å². The van der Waals surface area contributed by atoms with Gasteiger partial charge in [0.25, 0.3) is 0 Å². The molecule has 102 valence electrons. The Kier molecular flexibility index (Phi) is 3.40. The van der Waals surface area contributed by atoms with Crippen molar-refractivity contribution in [2.45, 2.75) is 19.8 Å². The zero-order valence-corrected chi connectivity index (χ0v) is 12.1. The first-order chi connectivity index (χ1) is 9.65. The smallest absolute Gasteiger partial charge is 0.227 e. The molecule has 0 atom stereocenters. The van der Waals surface area contributed by atoms with Gasteiger partial charge in [-0.2, -0.15) is 0 Å². The summed E-state index contributed by atoms with van der Waals surface area (Å²) in [6.07, 6.45) is 1.53. The summed E-state index contributed by atoms with van der Waals surface area (Å²) in [4.78, 5) is 27.6. The molecule has 0 spiro atoms. The molecule has 1 aliphatic rings. The Hall–Kier alpha value is -1.94. The van der Waals surface area contributed by atoms with Crippen LogP contribution in [-0.2, 0) is 4.79 Å². The molecule has 0 N–H and O–H groups in total. The molecular formula is C16H15NO2S. The van der Waals surface area contributed by atoms with Crippen molar-refractivity contribution in [2.75, 3.05) is 11.4 Å². The molecule has 3 rings (SSSR count). The van der Waals surface area contributed by atoms with Gasteiger partial charge in [-0.15, -0.1) is 11.3 Å². The molecule has 20 heavy (non-hydrogen) atoms. The van der Waals surface area contributed by atoms with Crippen LogP contribution in [0.1, 0.15) is 33.0 Å². The summed E-state index contributed by atoms with van der Waals surface area (Å²) in [6.45, 7) is 2.76. The van der Waals surface area contributed by atoms with Crippen molar-refractivity contribution in [1.82, 2.24) is 0 Å². The van der Waals surface area contributed by atoms with Gasteiger partial charge in [-0.05, 0) is 49.7 Å². The number of nitrogens with zero attached hydrogens (tertiary/aromatic N) is 1. The standard InChI is InChI=1S/C16H15NO2S/c1-11-4-9-14(20-11)16(19)12-5-7-13(8-6-12)17-10-2-3-15(17)18/h4-9H,2-3,10H2,1H3. The number of ketones is 1. The lowest BCUT2D eigenvalue weighted by atomic mass is 10.1. The summed E-state index contributed by atoms with van der Waals surface area (Å²) in [6, 6.07) is 11.1. The highest BCUT2D eigenvalue weighted by Gasteiger charge is 2.21. The van der Waals surface area contributed by atoms with Gasteiger partial charge in [-0.25, -0.2) is 0 Å². The van der Waals surface area contributed by atoms with Gasteiger partial charge in [0.15, 0.2) is 0 Å². The van der Waals surface area contributed by atoms with Crippen LogP contribution < -0.4 is 4.90 Å². The summed E-state index contributed by atoms with van der Waals surface area (Å²) in [7, 11) is 0. The van der Waals surface area contributed by atoms with Crippen molar-refractivity contribution in [3.8, 4) is 0 Å². The van der Waals surface area contributed by atoms with Crippen molar-refractivity contribution in [3.05, 3.63) is 51.7 Å². The Bertz CT molecular complexity index is 657. The van der Waals surface area contributed by atoms with Crippen molar-refractivity contribution < 1.29 is 9.59 Å². The Balaban J connectivity index is 1.82. The summed E-state index contributed by atoms with van der Waals surface area (Å²) >= 11 is 1.51. The van der Waals surface area contributed by atoms with Crippen molar-refractivity contribution in [2.24, 2.45) is 0 Å². The van der Waals surface area contributed by atoms with Crippen molar-refractivity contribution >= 4 is 28.7 Å². The van der Waals surface area contributed by atoms with Crippen LogP contribution in [0.4, 0.5) is 5.69 Å². The Morgan fingerprint density at radius 1 is 1.15 bits per heavy atom. The number of carbonyl (C=O) groups is 2. The maximum Gasteiger partial charge on any atom is 0.227 e. The number of anilines is 1. The second kappa shape index (κ2) is 5.21. The molecule has 2 aromatic rings. The molecule has 0 saturated carbocycles. The summed E-state index contributed by atoms with van der Waals surface area (Å²) in [5, 5.41) is 0. The van der Waals surface area contributed by atoms with Gasteiger partial charge < -0.3 is 4.90 Å². The van der Waals surface area contributed by atoms with E-state index in [2.05, 4.69) is 0 Å². The molecule has 1 amide bonds. The van der Waals surface area contributed by atoms with Crippen molar-refractivity contribution in [3.63, 3.8) is 0 Å². The summed E-state index contributed by atoms with van der Waals surface area (Å²) in [5.41, 5.74) is 1.55. The predicted molar refractivity (Wildman–Crippen MR) is 80.5 cm³/mol. The van der Waals surface area contributed by atoms with Crippen molar-refractivity contribution in [1.29, 1.82) is 0 Å². The minimum atomic E-state index is 0.0439. The van der Waals surface area contributed by atoms with E-state index < -0.39 is 0 Å². The van der Waals surface area contributed by atoms with Gasteiger partial charge in [0.05, 0.1) is 4.88 Å². The molecule has 1 aromatic carbocycles. The lowest BCUT2D eigenvalue weighted by Crippen LogP contribution is -2.23. The van der Waals surface area contributed by atoms with Crippen LogP contribution in [0.3, 0.4) is 0 Å². The number of benzene rings is 1. The SMILES string of the molecule is Cc1ccc(C(=O)c2ccc(N3CCCC3=O)cc2)s1. The van der Waals surface area contributed by atoms with Gasteiger partial charge in [-0.1, -0.05) is 0 Å². The third-order valence-electron chi connectivity index (χ3n) is 3.48. The van der Waals surface area contributed by atoms with Crippen LogP contribution in [0.2, 0.25) is 0 Å². The third-order valence-corrected chi connectivity index (χ3v) is 4.48. The van der Waals surface area contributed by atoms with Crippen LogP contribution in [0.5, 0.6) is 0 Å². The molecule has 1 fully saturated rings. The number of amides is 1. The topological polar surface area (TPSA) is 37.4 Å². The van der Waals surface area contributed by atoms with E-state index >= 15 is 0 Å². The second-order valence-electron chi connectivity index (χ2n) is 4.94. The highest BCUT2D eigenvalue weighted by molar-refractivity contribution is 7.14. The van der Waals surface area contributed by atoms with E-state index in [9.17, 15) is 9.59 Å². The number of hydrogen-bond donors (Lipinski definition) is 0. The van der Waals surface area contributed by atoms with E-state index in [1.807, 2.05) is 31.2 Å². The fourth-order valence-electron chi connectivity index (χ4n) is 2.41. The van der Waals surface area contributed by atoms with Gasteiger partial charge in [0.2, 0.25) is 11.7 Å². The molecule has 0 aliphatic carbocycles. The van der Waals surface area contributed by atoms with E-state index in [1.54, 1.807) is 17.0 Å². The van der Waals surface area contributed by atoms with Crippen LogP contribution in [0.25, 0.3) is 0 Å². The number of thiophene rings is 1. The van der Waals surface area contributed by atoms with E-state index in [-0.39, 0.29) is 11.7 Å². The number of hydrogen-bond acceptors (Lipinski definition) is 3. The lowest BCUT2D eigenvalue weighted by Gasteiger charge is -2.15. The molecular weight excluding hydrogens is 270 g/mol. The molecule has 1 saturated heterocycles. The molecule has 4 heteroatoms. The summed E-state index contributed by atoms with van der Waals surface area (Å²) < 4.78 is 0. The zero-order valence-electron chi connectivity index (χ0n) is 11.3. The predicted octanol–water partition coefficient (Wildman–Crippen LogP) is 3.41. The maximum absolute atomic E-state index is 12.3. The highest BCUT2D eigenvalue weighted by atomic mass is 32.1. The minimum absolute atomic E-state index is 0.0439. The highest BCUT2D eigenvalue weighted by Crippen LogP contribution is 2.24. The minimum Gasteiger partial charge on any atom is -0.312 e. The Morgan fingerprint density at radius 2 is 1.90 bits per heavy atom. The van der Waals surface area contributed by atoms with Crippen LogP contribution in [-0.4, -0.2) is 18.2 Å². The molecule has 0 unspecified atom stereocenters. The average molecular weight is 285 g/mol. The van der Waals surface area contributed by atoms with Gasteiger partial charge in [-0.3, -0.25) is 9.59 Å². The zero-order chi connectivity index (χ0) is 14.1. The second-order valence-corrected chi connectivity index (χ2v) is 6.22. The molecule has 3 nitrogen and oxygen atoms in total. The number of carbonyl (C=O) groups excluding carboxylic acids is 2. The van der Waals surface area contributed by atoms with Gasteiger partial charge >= 0.3 is 0 Å². The molecule has 1 aromatic heterocycles. The molecule has 0 radical (unpaired) electrons. The van der Waals surface area contributed by atoms with Crippen LogP contribution in [0.15, 0.2) is 36.4 Å². The number of rotatable bonds is 3. The first-order valence-corrected chi connectivity index (χ1v) is 7.48. The lowest BCUT2D eigenvalue weighted by molar-refractivity contribution is -0.117. The maximum atomic E-state index is 12.3. The van der Waals surface area contributed by atoms with Crippen LogP contribution >= 0.6 is 11.3 Å². The van der Waals surface area contributed by atoms with Crippen LogP contribution in [0, 0.1) is 6.92 Å². The average Bonchev–Trinajstić information content (AvgIpc) is 3.07. The van der Waals surface area contributed by atoms with Gasteiger partial charge in [0.1, 0.15) is 0 Å². The molecule has 0 bridgehead atoms. The fraction of sp³-hybridized carbons (Fsp3) is 0.250. The Morgan fingerprint density at radius 3 is 2.45 bits per heavy atom. The molecule has 2 heterocycles. The normalized spacial score (nSPS) is 14.8. The Labute approximate surface area is 121 Å². The van der Waals surface area contributed by atoms with E-state index in [0.717, 1.165) is 28.4 Å². The number of aryl methyl sites for hydroxylation is 1. The first-order valence-electron chi connectivity index (χ1n) is 6.67. The quantitative estimate of drug-likeness (QED) is 0.810. The van der Waals surface area contributed by atoms with Gasteiger partial charge in [0, 0.05) is 29.1 Å².